The Hall–Kier alpha value is -2.92. The van der Waals surface area contributed by atoms with Crippen molar-refractivity contribution in [3.05, 3.63) is 71.3 Å². The molecule has 0 aromatic heterocycles. The molecule has 0 amide bonds. The molecule has 2 aliphatic rings. The average Bonchev–Trinajstić information content (AvgIpc) is 3.13. The van der Waals surface area contributed by atoms with Gasteiger partial charge in [0.2, 0.25) is 0 Å². The van der Waals surface area contributed by atoms with Gasteiger partial charge in [0, 0.05) is 32.1 Å². The summed E-state index contributed by atoms with van der Waals surface area (Å²) in [4.78, 5) is 26.5. The van der Waals surface area contributed by atoms with Crippen LogP contribution in [0.15, 0.2) is 54.6 Å². The molecule has 5 heteroatoms. The number of likely N-dealkylation sites (tertiary alicyclic amines) is 1. The summed E-state index contributed by atoms with van der Waals surface area (Å²) in [5.74, 6) is 0.316. The molecule has 2 heterocycles. The molecule has 1 unspecified atom stereocenters. The van der Waals surface area contributed by atoms with Gasteiger partial charge >= 0.3 is 5.97 Å². The molecule has 1 saturated heterocycles. The molecule has 2 aliphatic heterocycles. The van der Waals surface area contributed by atoms with Gasteiger partial charge in [-0.3, -0.25) is 9.69 Å². The van der Waals surface area contributed by atoms with Crippen molar-refractivity contribution in [3.8, 4) is 5.75 Å². The highest BCUT2D eigenvalue weighted by atomic mass is 16.5. The van der Waals surface area contributed by atoms with Crippen molar-refractivity contribution in [2.75, 3.05) is 26.7 Å². The molecule has 2 aromatic carbocycles. The smallest absolute Gasteiger partial charge is 0.330 e. The standard InChI is InChI=1S/C24H25NO4/c1-28-23(27)10-8-19-7-9-22-20(15-19)21(26)16-24(29-22)12-14-25(17-24)13-11-18-5-3-2-4-6-18/h2-10,15H,11-14,16-17H2,1H3/b10-8+. The van der Waals surface area contributed by atoms with Crippen LogP contribution in [0.3, 0.4) is 0 Å². The largest absolute Gasteiger partial charge is 0.485 e. The minimum absolute atomic E-state index is 0.101. The highest BCUT2D eigenvalue weighted by Crippen LogP contribution is 2.39. The molecule has 2 aromatic rings. The average molecular weight is 391 g/mol. The monoisotopic (exact) mass is 391 g/mol. The van der Waals surface area contributed by atoms with E-state index in [9.17, 15) is 9.59 Å². The zero-order valence-electron chi connectivity index (χ0n) is 16.6. The Bertz CT molecular complexity index is 937. The quantitative estimate of drug-likeness (QED) is 0.577. The van der Waals surface area contributed by atoms with Gasteiger partial charge in [-0.1, -0.05) is 36.4 Å². The Balaban J connectivity index is 1.43. The predicted molar refractivity (Wildman–Crippen MR) is 111 cm³/mol. The third-order valence-corrected chi connectivity index (χ3v) is 5.68. The predicted octanol–water partition coefficient (Wildman–Crippen LogP) is 3.53. The van der Waals surface area contributed by atoms with Gasteiger partial charge in [0.25, 0.3) is 0 Å². The SMILES string of the molecule is COC(=O)/C=C/c1ccc2c(c1)C(=O)CC1(CCN(CCc3ccccc3)C1)O2. The van der Waals surface area contributed by atoms with Gasteiger partial charge in [-0.25, -0.2) is 4.79 Å². The fraction of sp³-hybridized carbons (Fsp3) is 0.333. The van der Waals surface area contributed by atoms with E-state index in [1.165, 1.54) is 18.7 Å². The van der Waals surface area contributed by atoms with Crippen LogP contribution in [0, 0.1) is 0 Å². The normalized spacial score (nSPS) is 21.3. The number of carbonyl (C=O) groups is 2. The van der Waals surface area contributed by atoms with E-state index in [1.54, 1.807) is 12.1 Å². The van der Waals surface area contributed by atoms with E-state index >= 15 is 0 Å². The minimum atomic E-state index is -0.426. The first-order chi connectivity index (χ1) is 14.1. The Morgan fingerprint density at radius 3 is 2.86 bits per heavy atom. The zero-order valence-corrected chi connectivity index (χ0v) is 16.6. The van der Waals surface area contributed by atoms with Gasteiger partial charge in [0.1, 0.15) is 11.4 Å². The summed E-state index contributed by atoms with van der Waals surface area (Å²) >= 11 is 0. The number of ether oxygens (including phenoxy) is 2. The molecular weight excluding hydrogens is 366 g/mol. The van der Waals surface area contributed by atoms with Crippen molar-refractivity contribution in [3.63, 3.8) is 0 Å². The van der Waals surface area contributed by atoms with Crippen LogP contribution < -0.4 is 4.74 Å². The molecule has 4 rings (SSSR count). The molecule has 5 nitrogen and oxygen atoms in total. The van der Waals surface area contributed by atoms with Crippen LogP contribution in [0.2, 0.25) is 0 Å². The van der Waals surface area contributed by atoms with Gasteiger partial charge in [-0.2, -0.15) is 0 Å². The molecule has 0 bridgehead atoms. The number of benzene rings is 2. The number of fused-ring (bicyclic) bond motifs is 1. The van der Waals surface area contributed by atoms with Gasteiger partial charge in [0.15, 0.2) is 5.78 Å². The number of rotatable bonds is 5. The molecular formula is C24H25NO4. The molecule has 1 spiro atoms. The molecule has 1 atom stereocenters. The van der Waals surface area contributed by atoms with Crippen LogP contribution in [-0.2, 0) is 16.0 Å². The number of ketones is 1. The van der Waals surface area contributed by atoms with Crippen molar-refractivity contribution >= 4 is 17.8 Å². The van der Waals surface area contributed by atoms with Crippen LogP contribution in [0.5, 0.6) is 5.75 Å². The van der Waals surface area contributed by atoms with E-state index in [0.717, 1.165) is 38.0 Å². The van der Waals surface area contributed by atoms with E-state index in [1.807, 2.05) is 18.2 Å². The van der Waals surface area contributed by atoms with Crippen molar-refractivity contribution in [1.29, 1.82) is 0 Å². The van der Waals surface area contributed by atoms with Crippen molar-refractivity contribution < 1.29 is 19.1 Å². The summed E-state index contributed by atoms with van der Waals surface area (Å²) < 4.78 is 11.0. The summed E-state index contributed by atoms with van der Waals surface area (Å²) in [5.41, 5.74) is 2.26. The van der Waals surface area contributed by atoms with Crippen LogP contribution in [-0.4, -0.2) is 49.0 Å². The summed E-state index contributed by atoms with van der Waals surface area (Å²) in [7, 11) is 1.33. The lowest BCUT2D eigenvalue weighted by atomic mass is 9.88. The van der Waals surface area contributed by atoms with Crippen LogP contribution >= 0.6 is 0 Å². The molecule has 0 aliphatic carbocycles. The summed E-state index contributed by atoms with van der Waals surface area (Å²) in [6, 6.07) is 15.9. The number of hydrogen-bond donors (Lipinski definition) is 0. The van der Waals surface area contributed by atoms with Crippen LogP contribution in [0.4, 0.5) is 0 Å². The second-order valence-electron chi connectivity index (χ2n) is 7.76. The molecule has 0 radical (unpaired) electrons. The molecule has 29 heavy (non-hydrogen) atoms. The topological polar surface area (TPSA) is 55.8 Å². The second kappa shape index (κ2) is 8.21. The maximum absolute atomic E-state index is 12.9. The van der Waals surface area contributed by atoms with E-state index in [-0.39, 0.29) is 5.78 Å². The van der Waals surface area contributed by atoms with Gasteiger partial charge in [-0.05, 0) is 35.8 Å². The molecule has 0 N–H and O–H groups in total. The first-order valence-corrected chi connectivity index (χ1v) is 9.95. The van der Waals surface area contributed by atoms with Gasteiger partial charge < -0.3 is 9.47 Å². The Kier molecular flexibility index (Phi) is 5.49. The van der Waals surface area contributed by atoms with E-state index in [4.69, 9.17) is 4.74 Å². The van der Waals surface area contributed by atoms with Crippen LogP contribution in [0.1, 0.15) is 34.3 Å². The minimum Gasteiger partial charge on any atom is -0.485 e. The van der Waals surface area contributed by atoms with Gasteiger partial charge in [-0.15, -0.1) is 0 Å². The molecule has 1 fully saturated rings. The maximum atomic E-state index is 12.9. The first kappa shape index (κ1) is 19.4. The van der Waals surface area contributed by atoms with Crippen molar-refractivity contribution in [2.24, 2.45) is 0 Å². The van der Waals surface area contributed by atoms with E-state index in [0.29, 0.717) is 17.7 Å². The fourth-order valence-electron chi connectivity index (χ4n) is 4.13. The maximum Gasteiger partial charge on any atom is 0.330 e. The lowest BCUT2D eigenvalue weighted by molar-refractivity contribution is -0.134. The highest BCUT2D eigenvalue weighted by molar-refractivity contribution is 6.01. The summed E-state index contributed by atoms with van der Waals surface area (Å²) in [5, 5.41) is 0. The number of Topliss-reactive ketones (excluding diaryl/α,β-unsaturated/α-hetero) is 1. The number of esters is 1. The fourth-order valence-corrected chi connectivity index (χ4v) is 4.13. The highest BCUT2D eigenvalue weighted by Gasteiger charge is 2.45. The number of hydrogen-bond acceptors (Lipinski definition) is 5. The lowest BCUT2D eigenvalue weighted by Gasteiger charge is -2.35. The Morgan fingerprint density at radius 2 is 2.07 bits per heavy atom. The number of methoxy groups -OCH3 is 1. The molecule has 0 saturated carbocycles. The lowest BCUT2D eigenvalue weighted by Crippen LogP contribution is -2.44. The first-order valence-electron chi connectivity index (χ1n) is 9.95. The van der Waals surface area contributed by atoms with Crippen LogP contribution in [0.25, 0.3) is 6.08 Å². The van der Waals surface area contributed by atoms with Crippen molar-refractivity contribution in [2.45, 2.75) is 24.9 Å². The molecule has 150 valence electrons. The summed E-state index contributed by atoms with van der Waals surface area (Å²) in [6.07, 6.45) is 5.24. The summed E-state index contributed by atoms with van der Waals surface area (Å²) in [6.45, 7) is 2.68. The Morgan fingerprint density at radius 1 is 1.24 bits per heavy atom. The van der Waals surface area contributed by atoms with Crippen molar-refractivity contribution in [1.82, 2.24) is 4.90 Å². The second-order valence-corrected chi connectivity index (χ2v) is 7.76. The number of nitrogens with zero attached hydrogens (tertiary/aromatic N) is 1. The number of carbonyl (C=O) groups excluding carboxylic acids is 2. The Labute approximate surface area is 170 Å². The third-order valence-electron chi connectivity index (χ3n) is 5.68. The van der Waals surface area contributed by atoms with Gasteiger partial charge in [0.05, 0.1) is 19.1 Å². The van der Waals surface area contributed by atoms with E-state index in [2.05, 4.69) is 33.9 Å². The third kappa shape index (κ3) is 4.40. The zero-order chi connectivity index (χ0) is 20.3. The van der Waals surface area contributed by atoms with E-state index < -0.39 is 11.6 Å².